The fourth-order valence-corrected chi connectivity index (χ4v) is 4.01. The lowest BCUT2D eigenvalue weighted by Crippen LogP contribution is -2.62. The Balaban J connectivity index is 2.20. The molecule has 1 saturated heterocycles. The van der Waals surface area contributed by atoms with Crippen LogP contribution in [0, 0.1) is 6.92 Å². The predicted molar refractivity (Wildman–Crippen MR) is 104 cm³/mol. The molecular weight excluding hydrogens is 415 g/mol. The van der Waals surface area contributed by atoms with Crippen LogP contribution in [0.1, 0.15) is 12.5 Å². The maximum atomic E-state index is 12.5. The summed E-state index contributed by atoms with van der Waals surface area (Å²) in [5.41, 5.74) is 3.64. The molecule has 1 aliphatic heterocycles. The third-order valence-electron chi connectivity index (χ3n) is 4.23. The summed E-state index contributed by atoms with van der Waals surface area (Å²) in [6.45, 7) is 3.45. The monoisotopic (exact) mass is 436 g/mol. The molecule has 2 N–H and O–H groups in total. The minimum Gasteiger partial charge on any atom is -0.324 e. The Kier molecular flexibility index (Phi) is 6.75. The van der Waals surface area contributed by atoms with Crippen LogP contribution in [-0.4, -0.2) is 67.0 Å². The number of amides is 2. The van der Waals surface area contributed by atoms with Gasteiger partial charge in [0.1, 0.15) is 11.4 Å². The van der Waals surface area contributed by atoms with E-state index < -0.39 is 38.6 Å². The lowest BCUT2D eigenvalue weighted by atomic mass is 10.2. The molecule has 2 amide bonds. The van der Waals surface area contributed by atoms with E-state index in [1.165, 1.54) is 27.1 Å². The average molecular weight is 437 g/mol. The van der Waals surface area contributed by atoms with Crippen LogP contribution in [0.2, 0.25) is 0 Å². The highest BCUT2D eigenvalue weighted by molar-refractivity contribution is 7.89. The Hall–Kier alpha value is -1.39. The Bertz CT molecular complexity index is 847. The predicted octanol–water partition coefficient (Wildman–Crippen LogP) is 1.13. The maximum Gasteiger partial charge on any atom is 0.257 e. The summed E-state index contributed by atoms with van der Waals surface area (Å²) in [5.74, 6) is -0.991. The molecule has 1 fully saturated rings. The minimum absolute atomic E-state index is 0.0935. The Morgan fingerprint density at radius 2 is 2.00 bits per heavy atom. The number of anilines is 1. The van der Waals surface area contributed by atoms with E-state index in [-0.39, 0.29) is 11.4 Å². The number of rotatable bonds is 5. The molecule has 0 aliphatic carbocycles. The van der Waals surface area contributed by atoms with Crippen LogP contribution in [0.3, 0.4) is 0 Å². The van der Waals surface area contributed by atoms with E-state index in [1.54, 1.807) is 19.1 Å². The van der Waals surface area contributed by atoms with Gasteiger partial charge >= 0.3 is 0 Å². The first-order valence-corrected chi connectivity index (χ1v) is 10.5. The second kappa shape index (κ2) is 8.32. The van der Waals surface area contributed by atoms with E-state index in [0.717, 1.165) is 9.31 Å². The average Bonchev–Trinajstić information content (AvgIpc) is 2.60. The molecule has 0 bridgehead atoms. The van der Waals surface area contributed by atoms with Gasteiger partial charge in [0.25, 0.3) is 5.91 Å². The molecule has 0 spiro atoms. The molecule has 1 aromatic rings. The fraction of sp³-hybridized carbons (Fsp3) is 0.500. The molecule has 8 nitrogen and oxygen atoms in total. The van der Waals surface area contributed by atoms with Gasteiger partial charge in [0, 0.05) is 26.3 Å². The number of alkyl halides is 2. The number of benzene rings is 1. The van der Waals surface area contributed by atoms with Gasteiger partial charge in [-0.2, -0.15) is 0 Å². The van der Waals surface area contributed by atoms with Gasteiger partial charge in [0.15, 0.2) is 0 Å². The Morgan fingerprint density at radius 1 is 1.37 bits per heavy atom. The summed E-state index contributed by atoms with van der Waals surface area (Å²) in [6, 6.07) is 3.71. The van der Waals surface area contributed by atoms with Crippen LogP contribution in [0.4, 0.5) is 5.69 Å². The van der Waals surface area contributed by atoms with Crippen molar-refractivity contribution in [2.24, 2.45) is 0 Å². The lowest BCUT2D eigenvalue weighted by molar-refractivity contribution is -0.143. The third-order valence-corrected chi connectivity index (χ3v) is 7.21. The molecule has 11 heteroatoms. The second-order valence-corrected chi connectivity index (χ2v) is 9.57. The standard InChI is InChI=1S/C16H22Cl2N4O4S/c1-9-5-6-11(7-13(9)27(25,26)21(3)4)20-15(23)10(2)22-16(24)14(18)12(17)8-19-22/h5-7,10,12,14,19H,8H2,1-4H3,(H,20,23)/t10-,12?,14?/m1/s1. The molecule has 150 valence electrons. The first-order chi connectivity index (χ1) is 12.5. The topological polar surface area (TPSA) is 98.8 Å². The fourth-order valence-electron chi connectivity index (χ4n) is 2.50. The van der Waals surface area contributed by atoms with E-state index in [0.29, 0.717) is 11.3 Å². The lowest BCUT2D eigenvalue weighted by Gasteiger charge is -2.36. The van der Waals surface area contributed by atoms with Crippen molar-refractivity contribution in [3.63, 3.8) is 0 Å². The zero-order valence-electron chi connectivity index (χ0n) is 15.4. The van der Waals surface area contributed by atoms with E-state index in [1.807, 2.05) is 0 Å². The van der Waals surface area contributed by atoms with Crippen LogP contribution in [0.5, 0.6) is 0 Å². The number of hydrogen-bond donors (Lipinski definition) is 2. The third kappa shape index (κ3) is 4.55. The van der Waals surface area contributed by atoms with Gasteiger partial charge in [-0.25, -0.2) is 18.1 Å². The summed E-state index contributed by atoms with van der Waals surface area (Å²) in [6.07, 6.45) is 0. The highest BCUT2D eigenvalue weighted by atomic mass is 35.5. The molecular formula is C16H22Cl2N4O4S. The summed E-state index contributed by atoms with van der Waals surface area (Å²) >= 11 is 11.9. The van der Waals surface area contributed by atoms with E-state index in [9.17, 15) is 18.0 Å². The van der Waals surface area contributed by atoms with Gasteiger partial charge in [0.05, 0.1) is 10.3 Å². The normalized spacial score (nSPS) is 22.0. The van der Waals surface area contributed by atoms with Gasteiger partial charge in [-0.05, 0) is 31.5 Å². The summed E-state index contributed by atoms with van der Waals surface area (Å²) < 4.78 is 25.9. The molecule has 0 saturated carbocycles. The van der Waals surface area contributed by atoms with Crippen molar-refractivity contribution < 1.29 is 18.0 Å². The molecule has 27 heavy (non-hydrogen) atoms. The van der Waals surface area contributed by atoms with Crippen molar-refractivity contribution >= 4 is 50.7 Å². The van der Waals surface area contributed by atoms with Gasteiger partial charge in [0.2, 0.25) is 15.9 Å². The van der Waals surface area contributed by atoms with Crippen molar-refractivity contribution in [2.45, 2.75) is 35.5 Å². The highest BCUT2D eigenvalue weighted by Gasteiger charge is 2.38. The number of hydrazine groups is 1. The molecule has 1 aliphatic rings. The summed E-state index contributed by atoms with van der Waals surface area (Å²) in [5, 5.41) is 2.27. The number of halogens is 2. The van der Waals surface area contributed by atoms with Crippen LogP contribution in [0.25, 0.3) is 0 Å². The maximum absolute atomic E-state index is 12.5. The Labute approximate surface area is 168 Å². The number of carbonyl (C=O) groups excluding carboxylic acids is 2. The summed E-state index contributed by atoms with van der Waals surface area (Å²) in [4.78, 5) is 24.9. The first kappa shape index (κ1) is 21.9. The SMILES string of the molecule is Cc1ccc(NC(=O)[C@@H](C)N2NCC(Cl)C(Cl)C2=O)cc1S(=O)(=O)N(C)C. The quantitative estimate of drug-likeness (QED) is 0.674. The first-order valence-electron chi connectivity index (χ1n) is 8.15. The minimum atomic E-state index is -3.66. The molecule has 0 radical (unpaired) electrons. The molecule has 2 unspecified atom stereocenters. The number of sulfonamides is 1. The molecule has 1 aromatic carbocycles. The van der Waals surface area contributed by atoms with Crippen LogP contribution in [0.15, 0.2) is 23.1 Å². The van der Waals surface area contributed by atoms with Crippen LogP contribution in [-0.2, 0) is 19.6 Å². The van der Waals surface area contributed by atoms with Crippen molar-refractivity contribution in [2.75, 3.05) is 26.0 Å². The van der Waals surface area contributed by atoms with E-state index in [4.69, 9.17) is 23.2 Å². The van der Waals surface area contributed by atoms with Gasteiger partial charge in [-0.1, -0.05) is 6.07 Å². The van der Waals surface area contributed by atoms with Crippen LogP contribution < -0.4 is 10.7 Å². The van der Waals surface area contributed by atoms with Crippen LogP contribution >= 0.6 is 23.2 Å². The smallest absolute Gasteiger partial charge is 0.257 e. The van der Waals surface area contributed by atoms with E-state index in [2.05, 4.69) is 10.7 Å². The zero-order chi connectivity index (χ0) is 20.5. The van der Waals surface area contributed by atoms with Crippen molar-refractivity contribution in [1.29, 1.82) is 0 Å². The molecule has 2 rings (SSSR count). The largest absolute Gasteiger partial charge is 0.324 e. The van der Waals surface area contributed by atoms with E-state index >= 15 is 0 Å². The molecule has 3 atom stereocenters. The Morgan fingerprint density at radius 3 is 2.59 bits per heavy atom. The number of nitrogens with one attached hydrogen (secondary N) is 2. The molecule has 1 heterocycles. The van der Waals surface area contributed by atoms with Crippen molar-refractivity contribution in [3.8, 4) is 0 Å². The number of nitrogens with zero attached hydrogens (tertiary/aromatic N) is 2. The van der Waals surface area contributed by atoms with Gasteiger partial charge in [-0.15, -0.1) is 23.2 Å². The zero-order valence-corrected chi connectivity index (χ0v) is 17.7. The van der Waals surface area contributed by atoms with Crippen molar-refractivity contribution in [1.82, 2.24) is 14.7 Å². The summed E-state index contributed by atoms with van der Waals surface area (Å²) in [7, 11) is -0.790. The number of hydrogen-bond acceptors (Lipinski definition) is 5. The highest BCUT2D eigenvalue weighted by Crippen LogP contribution is 2.23. The van der Waals surface area contributed by atoms with Gasteiger partial charge < -0.3 is 5.32 Å². The second-order valence-electron chi connectivity index (χ2n) is 6.42. The molecule has 0 aromatic heterocycles. The van der Waals surface area contributed by atoms with Crippen molar-refractivity contribution in [3.05, 3.63) is 23.8 Å². The number of carbonyl (C=O) groups is 2. The van der Waals surface area contributed by atoms with Gasteiger partial charge in [-0.3, -0.25) is 14.6 Å². The number of aryl methyl sites for hydroxylation is 1.